The van der Waals surface area contributed by atoms with Gasteiger partial charge in [0.05, 0.1) is 11.5 Å². The van der Waals surface area contributed by atoms with Crippen molar-refractivity contribution >= 4 is 22.4 Å². The molecule has 0 fully saturated rings. The van der Waals surface area contributed by atoms with Gasteiger partial charge in [-0.15, -0.1) is 12.4 Å². The summed E-state index contributed by atoms with van der Waals surface area (Å²) in [5.41, 5.74) is 5.28. The molecular formula is C14H25ClN2O3S. The van der Waals surface area contributed by atoms with E-state index in [1.165, 1.54) is 12.8 Å². The van der Waals surface area contributed by atoms with Crippen molar-refractivity contribution < 1.29 is 13.2 Å². The Morgan fingerprint density at radius 2 is 1.81 bits per heavy atom. The van der Waals surface area contributed by atoms with Crippen LogP contribution in [0.5, 0.6) is 5.75 Å². The second kappa shape index (κ2) is 10.8. The number of nitrogens with one attached hydrogen (secondary N) is 1. The summed E-state index contributed by atoms with van der Waals surface area (Å²) < 4.78 is 31.6. The van der Waals surface area contributed by atoms with Crippen LogP contribution in [0.25, 0.3) is 0 Å². The van der Waals surface area contributed by atoms with E-state index in [0.717, 1.165) is 12.8 Å². The van der Waals surface area contributed by atoms with Gasteiger partial charge in [-0.05, 0) is 30.7 Å². The zero-order valence-electron chi connectivity index (χ0n) is 12.4. The molecule has 1 aromatic carbocycles. The van der Waals surface area contributed by atoms with E-state index in [-0.39, 0.29) is 30.4 Å². The predicted octanol–water partition coefficient (Wildman–Crippen LogP) is 2.30. The summed E-state index contributed by atoms with van der Waals surface area (Å²) in [5.74, 6) is 0.694. The standard InChI is InChI=1S/C14H24N2O3S.ClH/c1-2-3-4-5-12-19-13-6-8-14(9-7-13)20(17,18)16-11-10-15;/h6-9,16H,2-5,10-12,15H2,1H3;1H. The van der Waals surface area contributed by atoms with Crippen molar-refractivity contribution in [3.05, 3.63) is 24.3 Å². The highest BCUT2D eigenvalue weighted by Gasteiger charge is 2.12. The van der Waals surface area contributed by atoms with Crippen molar-refractivity contribution in [3.63, 3.8) is 0 Å². The van der Waals surface area contributed by atoms with Crippen LogP contribution in [0.2, 0.25) is 0 Å². The lowest BCUT2D eigenvalue weighted by molar-refractivity contribution is 0.305. The van der Waals surface area contributed by atoms with Crippen LogP contribution in [-0.4, -0.2) is 28.1 Å². The SMILES string of the molecule is CCCCCCOc1ccc(S(=O)(=O)NCCN)cc1.Cl. The van der Waals surface area contributed by atoms with Gasteiger partial charge in [-0.2, -0.15) is 0 Å². The fraction of sp³-hybridized carbons (Fsp3) is 0.571. The molecule has 21 heavy (non-hydrogen) atoms. The molecule has 0 aromatic heterocycles. The lowest BCUT2D eigenvalue weighted by Crippen LogP contribution is -2.29. The minimum Gasteiger partial charge on any atom is -0.494 e. The first-order valence-corrected chi connectivity index (χ1v) is 8.51. The number of hydrogen-bond donors (Lipinski definition) is 2. The molecule has 5 nitrogen and oxygen atoms in total. The topological polar surface area (TPSA) is 81.4 Å². The summed E-state index contributed by atoms with van der Waals surface area (Å²) in [7, 11) is -3.46. The highest BCUT2D eigenvalue weighted by Crippen LogP contribution is 2.16. The van der Waals surface area contributed by atoms with Crippen LogP contribution in [0.3, 0.4) is 0 Å². The van der Waals surface area contributed by atoms with Gasteiger partial charge in [0, 0.05) is 13.1 Å². The maximum atomic E-state index is 11.8. The molecule has 0 spiro atoms. The number of hydrogen-bond acceptors (Lipinski definition) is 4. The number of rotatable bonds is 10. The zero-order chi connectivity index (χ0) is 14.8. The maximum Gasteiger partial charge on any atom is 0.240 e. The smallest absolute Gasteiger partial charge is 0.240 e. The Balaban J connectivity index is 0.00000400. The van der Waals surface area contributed by atoms with E-state index < -0.39 is 10.0 Å². The van der Waals surface area contributed by atoms with Gasteiger partial charge in [-0.1, -0.05) is 26.2 Å². The number of benzene rings is 1. The first kappa shape index (κ1) is 20.2. The lowest BCUT2D eigenvalue weighted by atomic mass is 10.2. The summed E-state index contributed by atoms with van der Waals surface area (Å²) in [6, 6.07) is 6.44. The van der Waals surface area contributed by atoms with Gasteiger partial charge in [0.25, 0.3) is 0 Å². The molecule has 0 unspecified atom stereocenters. The van der Waals surface area contributed by atoms with Crippen molar-refractivity contribution in [1.29, 1.82) is 0 Å². The summed E-state index contributed by atoms with van der Waals surface area (Å²) in [6.07, 6.45) is 4.59. The largest absolute Gasteiger partial charge is 0.494 e. The number of ether oxygens (including phenoxy) is 1. The summed E-state index contributed by atoms with van der Waals surface area (Å²) >= 11 is 0. The van der Waals surface area contributed by atoms with Gasteiger partial charge >= 0.3 is 0 Å². The predicted molar refractivity (Wildman–Crippen MR) is 87.6 cm³/mol. The molecule has 3 N–H and O–H groups in total. The van der Waals surface area contributed by atoms with E-state index in [0.29, 0.717) is 12.4 Å². The quantitative estimate of drug-likeness (QED) is 0.642. The molecule has 0 aliphatic rings. The normalized spacial score (nSPS) is 11.0. The molecule has 0 saturated carbocycles. The number of sulfonamides is 1. The molecule has 0 atom stereocenters. The monoisotopic (exact) mass is 336 g/mol. The molecule has 122 valence electrons. The first-order valence-electron chi connectivity index (χ1n) is 7.02. The summed E-state index contributed by atoms with van der Waals surface area (Å²) in [4.78, 5) is 0.226. The molecule has 0 saturated heterocycles. The van der Waals surface area contributed by atoms with Crippen LogP contribution in [0.15, 0.2) is 29.2 Å². The van der Waals surface area contributed by atoms with Crippen LogP contribution in [0, 0.1) is 0 Å². The van der Waals surface area contributed by atoms with E-state index in [2.05, 4.69) is 11.6 Å². The van der Waals surface area contributed by atoms with Crippen LogP contribution in [0.1, 0.15) is 32.6 Å². The van der Waals surface area contributed by atoms with E-state index in [9.17, 15) is 8.42 Å². The number of unbranched alkanes of at least 4 members (excludes halogenated alkanes) is 3. The molecule has 0 aliphatic heterocycles. The minimum absolute atomic E-state index is 0. The van der Waals surface area contributed by atoms with Crippen molar-refractivity contribution in [2.24, 2.45) is 5.73 Å². The van der Waals surface area contributed by atoms with Gasteiger partial charge in [-0.3, -0.25) is 0 Å². The Morgan fingerprint density at radius 1 is 1.14 bits per heavy atom. The summed E-state index contributed by atoms with van der Waals surface area (Å²) in [6.45, 7) is 3.34. The first-order chi connectivity index (χ1) is 9.60. The molecule has 0 bridgehead atoms. The van der Waals surface area contributed by atoms with Gasteiger partial charge in [0.2, 0.25) is 10.0 Å². The fourth-order valence-corrected chi connectivity index (χ4v) is 2.76. The highest BCUT2D eigenvalue weighted by molar-refractivity contribution is 7.89. The molecule has 7 heteroatoms. The van der Waals surface area contributed by atoms with Crippen LogP contribution in [0.4, 0.5) is 0 Å². The zero-order valence-corrected chi connectivity index (χ0v) is 14.0. The Kier molecular flexibility index (Phi) is 10.4. The third-order valence-corrected chi connectivity index (χ3v) is 4.31. The van der Waals surface area contributed by atoms with E-state index >= 15 is 0 Å². The Hall–Kier alpha value is -0.820. The molecular weight excluding hydrogens is 312 g/mol. The average Bonchev–Trinajstić information content (AvgIpc) is 2.45. The second-order valence-electron chi connectivity index (χ2n) is 4.57. The second-order valence-corrected chi connectivity index (χ2v) is 6.33. The van der Waals surface area contributed by atoms with E-state index in [1.54, 1.807) is 24.3 Å². The summed E-state index contributed by atoms with van der Waals surface area (Å²) in [5, 5.41) is 0. The molecule has 0 aliphatic carbocycles. The van der Waals surface area contributed by atoms with Gasteiger partial charge in [0.15, 0.2) is 0 Å². The molecule has 1 rings (SSSR count). The molecule has 0 radical (unpaired) electrons. The van der Waals surface area contributed by atoms with Crippen molar-refractivity contribution in [1.82, 2.24) is 4.72 Å². The van der Waals surface area contributed by atoms with Gasteiger partial charge in [-0.25, -0.2) is 13.1 Å². The van der Waals surface area contributed by atoms with Crippen molar-refractivity contribution in [2.75, 3.05) is 19.7 Å². The Labute approximate surface area is 133 Å². The minimum atomic E-state index is -3.46. The average molecular weight is 337 g/mol. The third-order valence-electron chi connectivity index (χ3n) is 2.84. The van der Waals surface area contributed by atoms with Crippen LogP contribution < -0.4 is 15.2 Å². The molecule has 1 aromatic rings. The van der Waals surface area contributed by atoms with Gasteiger partial charge < -0.3 is 10.5 Å². The van der Waals surface area contributed by atoms with E-state index in [1.807, 2.05) is 0 Å². The molecule has 0 amide bonds. The lowest BCUT2D eigenvalue weighted by Gasteiger charge is -2.08. The van der Waals surface area contributed by atoms with Crippen LogP contribution in [-0.2, 0) is 10.0 Å². The van der Waals surface area contributed by atoms with Gasteiger partial charge in [0.1, 0.15) is 5.75 Å². The van der Waals surface area contributed by atoms with Crippen molar-refractivity contribution in [2.45, 2.75) is 37.5 Å². The van der Waals surface area contributed by atoms with Crippen molar-refractivity contribution in [3.8, 4) is 5.75 Å². The number of nitrogens with two attached hydrogens (primary N) is 1. The van der Waals surface area contributed by atoms with Crippen LogP contribution >= 0.6 is 12.4 Å². The Bertz CT molecular complexity index is 477. The molecule has 0 heterocycles. The highest BCUT2D eigenvalue weighted by atomic mass is 35.5. The Morgan fingerprint density at radius 3 is 2.38 bits per heavy atom. The van der Waals surface area contributed by atoms with E-state index in [4.69, 9.17) is 10.5 Å². The fourth-order valence-electron chi connectivity index (χ4n) is 1.71. The third kappa shape index (κ3) is 7.66. The number of halogens is 1. The maximum absolute atomic E-state index is 11.8.